The monoisotopic (exact) mass is 362 g/mol. The summed E-state index contributed by atoms with van der Waals surface area (Å²) in [6.45, 7) is 0. The van der Waals surface area contributed by atoms with Crippen molar-refractivity contribution in [2.45, 2.75) is 11.8 Å². The molecule has 1 aliphatic carbocycles. The van der Waals surface area contributed by atoms with Crippen LogP contribution in [-0.4, -0.2) is 11.6 Å². The summed E-state index contributed by atoms with van der Waals surface area (Å²) in [5, 5.41) is 2.11. The number of carbonyl (C=O) groups is 2. The van der Waals surface area contributed by atoms with Gasteiger partial charge in [-0.2, -0.15) is 0 Å². The Morgan fingerprint density at radius 2 is 1.14 bits per heavy atom. The second-order valence-electron chi connectivity index (χ2n) is 7.29. The lowest BCUT2D eigenvalue weighted by Crippen LogP contribution is -2.44. The Bertz CT molecular complexity index is 1150. The minimum atomic E-state index is -1.23. The summed E-state index contributed by atoms with van der Waals surface area (Å²) in [6, 6.07) is 30.3. The van der Waals surface area contributed by atoms with Gasteiger partial charge in [-0.3, -0.25) is 9.59 Å². The van der Waals surface area contributed by atoms with Crippen LogP contribution in [-0.2, 0) is 11.8 Å². The lowest BCUT2D eigenvalue weighted by molar-refractivity contribution is 0.0766. The number of Topliss-reactive ketones (excluding diaryl/α,β-unsaturated/α-hetero) is 2. The fourth-order valence-corrected chi connectivity index (χ4v) is 4.48. The fourth-order valence-electron chi connectivity index (χ4n) is 4.48. The highest BCUT2D eigenvalue weighted by Crippen LogP contribution is 2.46. The standard InChI is InChI=1S/C26H18O2/c27-24(19-9-3-1-4-10-19)26(25(28)20-11-5-2-6-12-20)17-21-15-7-13-18-14-8-16-22(26)23(18)21/h1-16H,17H2. The van der Waals surface area contributed by atoms with E-state index in [4.69, 9.17) is 0 Å². The summed E-state index contributed by atoms with van der Waals surface area (Å²) in [6.07, 6.45) is 0.394. The number of rotatable bonds is 4. The second-order valence-corrected chi connectivity index (χ2v) is 7.29. The number of hydrogen-bond acceptors (Lipinski definition) is 2. The van der Waals surface area contributed by atoms with Crippen molar-refractivity contribution in [3.8, 4) is 0 Å². The normalized spacial score (nSPS) is 14.1. The third-order valence-electron chi connectivity index (χ3n) is 5.75. The van der Waals surface area contributed by atoms with Gasteiger partial charge in [0.25, 0.3) is 0 Å². The van der Waals surface area contributed by atoms with E-state index in [0.29, 0.717) is 17.5 Å². The predicted molar refractivity (Wildman–Crippen MR) is 111 cm³/mol. The van der Waals surface area contributed by atoms with Gasteiger partial charge < -0.3 is 0 Å². The molecule has 0 bridgehead atoms. The van der Waals surface area contributed by atoms with E-state index in [1.165, 1.54) is 0 Å². The average molecular weight is 362 g/mol. The summed E-state index contributed by atoms with van der Waals surface area (Å²) in [7, 11) is 0. The molecule has 1 aliphatic rings. The van der Waals surface area contributed by atoms with Crippen LogP contribution in [0.2, 0.25) is 0 Å². The molecule has 4 aromatic rings. The SMILES string of the molecule is O=C(c1ccccc1)C1(C(=O)c2ccccc2)Cc2cccc3cccc1c23. The molecule has 2 nitrogen and oxygen atoms in total. The molecule has 0 saturated heterocycles. The molecule has 4 aromatic carbocycles. The van der Waals surface area contributed by atoms with Crippen LogP contribution < -0.4 is 0 Å². The topological polar surface area (TPSA) is 34.1 Å². The maximum Gasteiger partial charge on any atom is 0.181 e. The molecule has 0 radical (unpaired) electrons. The van der Waals surface area contributed by atoms with Gasteiger partial charge in [-0.1, -0.05) is 97.1 Å². The van der Waals surface area contributed by atoms with Crippen LogP contribution in [0.3, 0.4) is 0 Å². The van der Waals surface area contributed by atoms with E-state index in [2.05, 4.69) is 0 Å². The molecular formula is C26H18O2. The molecule has 0 fully saturated rings. The molecular weight excluding hydrogens is 344 g/mol. The Labute approximate surface area is 163 Å². The first-order valence-electron chi connectivity index (χ1n) is 9.42. The molecule has 134 valence electrons. The average Bonchev–Trinajstić information content (AvgIpc) is 3.11. The molecule has 5 rings (SSSR count). The van der Waals surface area contributed by atoms with Crippen LogP contribution in [0.5, 0.6) is 0 Å². The zero-order valence-electron chi connectivity index (χ0n) is 15.3. The van der Waals surface area contributed by atoms with Crippen molar-refractivity contribution in [1.82, 2.24) is 0 Å². The minimum absolute atomic E-state index is 0.134. The quantitative estimate of drug-likeness (QED) is 0.360. The van der Waals surface area contributed by atoms with Crippen LogP contribution in [0.15, 0.2) is 97.1 Å². The van der Waals surface area contributed by atoms with Crippen LogP contribution in [0.1, 0.15) is 31.8 Å². The summed E-state index contributed by atoms with van der Waals surface area (Å²) in [4.78, 5) is 27.7. The maximum absolute atomic E-state index is 13.9. The molecule has 0 heterocycles. The number of carbonyl (C=O) groups excluding carboxylic acids is 2. The zero-order chi connectivity index (χ0) is 19.1. The van der Waals surface area contributed by atoms with Gasteiger partial charge in [0.2, 0.25) is 0 Å². The summed E-state index contributed by atoms with van der Waals surface area (Å²) in [5.74, 6) is -0.267. The lowest BCUT2D eigenvalue weighted by Gasteiger charge is -2.28. The molecule has 0 atom stereocenters. The molecule has 28 heavy (non-hydrogen) atoms. The molecule has 0 aromatic heterocycles. The van der Waals surface area contributed by atoms with Crippen molar-refractivity contribution in [3.63, 3.8) is 0 Å². The van der Waals surface area contributed by atoms with E-state index in [9.17, 15) is 9.59 Å². The van der Waals surface area contributed by atoms with Crippen molar-refractivity contribution in [3.05, 3.63) is 119 Å². The van der Waals surface area contributed by atoms with Crippen LogP contribution >= 0.6 is 0 Å². The fraction of sp³-hybridized carbons (Fsp3) is 0.0769. The van der Waals surface area contributed by atoms with Crippen LogP contribution in [0.4, 0.5) is 0 Å². The maximum atomic E-state index is 13.9. The van der Waals surface area contributed by atoms with E-state index in [0.717, 1.165) is 21.9 Å². The molecule has 2 heteroatoms. The Balaban J connectivity index is 1.80. The first kappa shape index (κ1) is 16.6. The smallest absolute Gasteiger partial charge is 0.181 e. The third kappa shape index (κ3) is 2.28. The van der Waals surface area contributed by atoms with Crippen molar-refractivity contribution in [2.24, 2.45) is 0 Å². The van der Waals surface area contributed by atoms with Crippen LogP contribution in [0, 0.1) is 0 Å². The minimum Gasteiger partial charge on any atom is -0.293 e. The Kier molecular flexibility index (Phi) is 3.73. The van der Waals surface area contributed by atoms with Crippen LogP contribution in [0.25, 0.3) is 10.8 Å². The van der Waals surface area contributed by atoms with Crippen molar-refractivity contribution >= 4 is 22.3 Å². The zero-order valence-corrected chi connectivity index (χ0v) is 15.3. The molecule has 0 amide bonds. The third-order valence-corrected chi connectivity index (χ3v) is 5.75. The van der Waals surface area contributed by atoms with Crippen molar-refractivity contribution in [2.75, 3.05) is 0 Å². The van der Waals surface area contributed by atoms with Gasteiger partial charge in [-0.05, 0) is 28.3 Å². The summed E-state index contributed by atoms with van der Waals surface area (Å²) in [5.41, 5.74) is 1.78. The largest absolute Gasteiger partial charge is 0.293 e. The number of ketones is 2. The molecule has 0 spiro atoms. The first-order chi connectivity index (χ1) is 13.7. The van der Waals surface area contributed by atoms with E-state index < -0.39 is 5.41 Å². The Morgan fingerprint density at radius 1 is 0.607 bits per heavy atom. The molecule has 0 N–H and O–H groups in total. The van der Waals surface area contributed by atoms with E-state index in [-0.39, 0.29) is 11.6 Å². The Morgan fingerprint density at radius 3 is 1.71 bits per heavy atom. The lowest BCUT2D eigenvalue weighted by atomic mass is 9.69. The van der Waals surface area contributed by atoms with Gasteiger partial charge in [0, 0.05) is 11.1 Å². The number of hydrogen-bond donors (Lipinski definition) is 0. The molecule has 0 unspecified atom stereocenters. The van der Waals surface area contributed by atoms with Gasteiger partial charge in [-0.15, -0.1) is 0 Å². The highest BCUT2D eigenvalue weighted by molar-refractivity contribution is 6.27. The van der Waals surface area contributed by atoms with Gasteiger partial charge in [0.1, 0.15) is 5.41 Å². The van der Waals surface area contributed by atoms with E-state index in [1.807, 2.05) is 72.8 Å². The molecule has 0 aliphatic heterocycles. The number of benzene rings is 4. The van der Waals surface area contributed by atoms with Gasteiger partial charge >= 0.3 is 0 Å². The van der Waals surface area contributed by atoms with Crippen molar-refractivity contribution < 1.29 is 9.59 Å². The second kappa shape index (κ2) is 6.28. The predicted octanol–water partition coefficient (Wildman–Crippen LogP) is 5.40. The summed E-state index contributed by atoms with van der Waals surface area (Å²) >= 11 is 0. The summed E-state index contributed by atoms with van der Waals surface area (Å²) < 4.78 is 0. The first-order valence-corrected chi connectivity index (χ1v) is 9.42. The highest BCUT2D eigenvalue weighted by atomic mass is 16.2. The van der Waals surface area contributed by atoms with Gasteiger partial charge in [-0.25, -0.2) is 0 Å². The van der Waals surface area contributed by atoms with Gasteiger partial charge in [0.15, 0.2) is 11.6 Å². The molecule has 0 saturated carbocycles. The van der Waals surface area contributed by atoms with E-state index >= 15 is 0 Å². The Hall–Kier alpha value is -3.52. The van der Waals surface area contributed by atoms with Gasteiger partial charge in [0.05, 0.1) is 0 Å². The highest BCUT2D eigenvalue weighted by Gasteiger charge is 2.51. The van der Waals surface area contributed by atoms with E-state index in [1.54, 1.807) is 24.3 Å². The van der Waals surface area contributed by atoms with Crippen molar-refractivity contribution in [1.29, 1.82) is 0 Å².